The minimum absolute atomic E-state index is 0.175. The van der Waals surface area contributed by atoms with Crippen LogP contribution in [0.1, 0.15) is 17.2 Å². The third-order valence-electron chi connectivity index (χ3n) is 3.81. The molecule has 1 atom stereocenters. The van der Waals surface area contributed by atoms with Crippen molar-refractivity contribution in [1.29, 1.82) is 0 Å². The van der Waals surface area contributed by atoms with E-state index >= 15 is 0 Å². The zero-order chi connectivity index (χ0) is 17.5. The Morgan fingerprint density at radius 1 is 1.04 bits per heavy atom. The molecule has 2 aromatic carbocycles. The number of hydrogen-bond acceptors (Lipinski definition) is 4. The van der Waals surface area contributed by atoms with E-state index in [0.717, 1.165) is 5.56 Å². The number of carbonyl (C=O) groups is 2. The molecule has 0 aliphatic rings. The molecular weight excluding hydrogens is 306 g/mol. The average molecular weight is 327 g/mol. The summed E-state index contributed by atoms with van der Waals surface area (Å²) in [7, 11) is 4.51. The first-order valence-electron chi connectivity index (χ1n) is 7.58. The SMILES string of the molecule is COC(=O)[C@H](c1ccccc1)N(C)C(=O)Cc1cccc(OC)c1. The van der Waals surface area contributed by atoms with Crippen LogP contribution in [0.15, 0.2) is 54.6 Å². The van der Waals surface area contributed by atoms with E-state index in [4.69, 9.17) is 9.47 Å². The van der Waals surface area contributed by atoms with E-state index in [-0.39, 0.29) is 12.3 Å². The van der Waals surface area contributed by atoms with Gasteiger partial charge < -0.3 is 14.4 Å². The molecule has 0 heterocycles. The van der Waals surface area contributed by atoms with E-state index in [2.05, 4.69) is 0 Å². The first kappa shape index (κ1) is 17.5. The summed E-state index contributed by atoms with van der Waals surface area (Å²) in [6.45, 7) is 0. The van der Waals surface area contributed by atoms with Crippen LogP contribution in [-0.4, -0.2) is 38.0 Å². The minimum Gasteiger partial charge on any atom is -0.497 e. The Hall–Kier alpha value is -2.82. The van der Waals surface area contributed by atoms with Crippen LogP contribution in [0.3, 0.4) is 0 Å². The highest BCUT2D eigenvalue weighted by atomic mass is 16.5. The maximum absolute atomic E-state index is 12.6. The van der Waals surface area contributed by atoms with E-state index < -0.39 is 12.0 Å². The Kier molecular flexibility index (Phi) is 5.95. The van der Waals surface area contributed by atoms with Gasteiger partial charge in [0.25, 0.3) is 0 Å². The molecule has 0 spiro atoms. The maximum atomic E-state index is 12.6. The van der Waals surface area contributed by atoms with Crippen LogP contribution < -0.4 is 4.74 Å². The maximum Gasteiger partial charge on any atom is 0.333 e. The lowest BCUT2D eigenvalue weighted by atomic mass is 10.0. The summed E-state index contributed by atoms with van der Waals surface area (Å²) in [5, 5.41) is 0. The Bertz CT molecular complexity index is 700. The largest absolute Gasteiger partial charge is 0.497 e. The molecule has 0 aromatic heterocycles. The molecular formula is C19H21NO4. The normalized spacial score (nSPS) is 11.5. The summed E-state index contributed by atoms with van der Waals surface area (Å²) >= 11 is 0. The highest BCUT2D eigenvalue weighted by Gasteiger charge is 2.29. The van der Waals surface area contributed by atoms with Gasteiger partial charge in [0.1, 0.15) is 5.75 Å². The molecule has 0 N–H and O–H groups in total. The molecule has 24 heavy (non-hydrogen) atoms. The van der Waals surface area contributed by atoms with Crippen molar-refractivity contribution in [3.05, 3.63) is 65.7 Å². The molecule has 0 bridgehead atoms. The first-order chi connectivity index (χ1) is 11.6. The molecule has 2 aromatic rings. The van der Waals surface area contributed by atoms with E-state index in [1.165, 1.54) is 12.0 Å². The van der Waals surface area contributed by atoms with Crippen LogP contribution in [0.25, 0.3) is 0 Å². The molecule has 0 aliphatic heterocycles. The zero-order valence-corrected chi connectivity index (χ0v) is 14.1. The first-order valence-corrected chi connectivity index (χ1v) is 7.58. The lowest BCUT2D eigenvalue weighted by Gasteiger charge is -2.26. The monoisotopic (exact) mass is 327 g/mol. The van der Waals surface area contributed by atoms with Gasteiger partial charge in [-0.1, -0.05) is 42.5 Å². The van der Waals surface area contributed by atoms with Crippen molar-refractivity contribution in [2.75, 3.05) is 21.3 Å². The molecule has 0 aliphatic carbocycles. The van der Waals surface area contributed by atoms with E-state index in [0.29, 0.717) is 11.3 Å². The van der Waals surface area contributed by atoms with Gasteiger partial charge in [0.05, 0.1) is 20.6 Å². The minimum atomic E-state index is -0.769. The molecule has 0 unspecified atom stereocenters. The number of rotatable bonds is 6. The van der Waals surface area contributed by atoms with Crippen molar-refractivity contribution < 1.29 is 19.1 Å². The van der Waals surface area contributed by atoms with Gasteiger partial charge in [-0.05, 0) is 23.3 Å². The molecule has 0 radical (unpaired) electrons. The zero-order valence-electron chi connectivity index (χ0n) is 14.1. The number of hydrogen-bond donors (Lipinski definition) is 0. The van der Waals surface area contributed by atoms with Gasteiger partial charge in [-0.3, -0.25) is 4.79 Å². The smallest absolute Gasteiger partial charge is 0.333 e. The number of esters is 1. The molecule has 2 rings (SSSR count). The summed E-state index contributed by atoms with van der Waals surface area (Å²) < 4.78 is 10.0. The third kappa shape index (κ3) is 4.13. The average Bonchev–Trinajstić information content (AvgIpc) is 2.62. The summed E-state index contributed by atoms with van der Waals surface area (Å²) in [5.74, 6) is 0.0423. The van der Waals surface area contributed by atoms with Crippen molar-refractivity contribution in [2.24, 2.45) is 0 Å². The van der Waals surface area contributed by atoms with Crippen LogP contribution in [0, 0.1) is 0 Å². The van der Waals surface area contributed by atoms with Gasteiger partial charge in [0.2, 0.25) is 5.91 Å². The van der Waals surface area contributed by atoms with Gasteiger partial charge in [0, 0.05) is 7.05 Å². The van der Waals surface area contributed by atoms with Crippen molar-refractivity contribution in [2.45, 2.75) is 12.5 Å². The van der Waals surface area contributed by atoms with E-state index in [1.807, 2.05) is 36.4 Å². The van der Waals surface area contributed by atoms with Gasteiger partial charge in [-0.15, -0.1) is 0 Å². The standard InChI is InChI=1S/C19H21NO4/c1-20(17(21)13-14-8-7-11-16(12-14)23-2)18(19(22)24-3)15-9-5-4-6-10-15/h4-12,18H,13H2,1-3H3/t18-/m0/s1. The number of benzene rings is 2. The fraction of sp³-hybridized carbons (Fsp3) is 0.263. The Morgan fingerprint density at radius 2 is 1.75 bits per heavy atom. The number of ether oxygens (including phenoxy) is 2. The summed E-state index contributed by atoms with van der Waals surface area (Å²) in [6.07, 6.45) is 0.175. The summed E-state index contributed by atoms with van der Waals surface area (Å²) in [6, 6.07) is 15.6. The van der Waals surface area contributed by atoms with E-state index in [9.17, 15) is 9.59 Å². The molecule has 0 fully saturated rings. The fourth-order valence-electron chi connectivity index (χ4n) is 2.49. The van der Waals surface area contributed by atoms with Crippen LogP contribution >= 0.6 is 0 Å². The number of carbonyl (C=O) groups excluding carboxylic acids is 2. The molecule has 0 saturated carbocycles. The van der Waals surface area contributed by atoms with E-state index in [1.54, 1.807) is 32.4 Å². The van der Waals surface area contributed by atoms with Gasteiger partial charge in [-0.2, -0.15) is 0 Å². The quantitative estimate of drug-likeness (QED) is 0.765. The second-order valence-corrected chi connectivity index (χ2v) is 5.37. The summed E-state index contributed by atoms with van der Waals surface area (Å²) in [4.78, 5) is 26.2. The molecule has 5 nitrogen and oxygen atoms in total. The third-order valence-corrected chi connectivity index (χ3v) is 3.81. The topological polar surface area (TPSA) is 55.8 Å². The lowest BCUT2D eigenvalue weighted by molar-refractivity contribution is -0.152. The number of nitrogens with zero attached hydrogens (tertiary/aromatic N) is 1. The van der Waals surface area contributed by atoms with Gasteiger partial charge >= 0.3 is 5.97 Å². The molecule has 5 heteroatoms. The molecule has 0 saturated heterocycles. The highest BCUT2D eigenvalue weighted by Crippen LogP contribution is 2.22. The van der Waals surface area contributed by atoms with Crippen molar-refractivity contribution in [3.8, 4) is 5.75 Å². The van der Waals surface area contributed by atoms with Crippen molar-refractivity contribution in [3.63, 3.8) is 0 Å². The van der Waals surface area contributed by atoms with Crippen LogP contribution in [0.5, 0.6) is 5.75 Å². The second-order valence-electron chi connectivity index (χ2n) is 5.37. The molecule has 126 valence electrons. The summed E-state index contributed by atoms with van der Waals surface area (Å²) in [5.41, 5.74) is 1.54. The van der Waals surface area contributed by atoms with Crippen LogP contribution in [0.4, 0.5) is 0 Å². The van der Waals surface area contributed by atoms with Gasteiger partial charge in [0.15, 0.2) is 6.04 Å². The van der Waals surface area contributed by atoms with Gasteiger partial charge in [-0.25, -0.2) is 4.79 Å². The predicted molar refractivity (Wildman–Crippen MR) is 90.7 cm³/mol. The Labute approximate surface area is 141 Å². The number of methoxy groups -OCH3 is 2. The van der Waals surface area contributed by atoms with Crippen LogP contribution in [0.2, 0.25) is 0 Å². The lowest BCUT2D eigenvalue weighted by Crippen LogP contribution is -2.37. The highest BCUT2D eigenvalue weighted by molar-refractivity contribution is 5.86. The predicted octanol–water partition coefficient (Wildman–Crippen LogP) is 2.61. The Balaban J connectivity index is 2.20. The van der Waals surface area contributed by atoms with Crippen LogP contribution in [-0.2, 0) is 20.7 Å². The van der Waals surface area contributed by atoms with Crippen molar-refractivity contribution >= 4 is 11.9 Å². The number of likely N-dealkylation sites (N-methyl/N-ethyl adjacent to an activating group) is 1. The van der Waals surface area contributed by atoms with Crippen molar-refractivity contribution in [1.82, 2.24) is 4.90 Å². The Morgan fingerprint density at radius 3 is 2.38 bits per heavy atom. The fourth-order valence-corrected chi connectivity index (χ4v) is 2.49. The molecule has 1 amide bonds. The number of amides is 1. The second kappa shape index (κ2) is 8.15.